The largest absolute Gasteiger partial charge is 0.450 e. The summed E-state index contributed by atoms with van der Waals surface area (Å²) in [6.07, 6.45) is 0.487. The van der Waals surface area contributed by atoms with Gasteiger partial charge in [0.25, 0.3) is 0 Å². The van der Waals surface area contributed by atoms with E-state index in [1.54, 1.807) is 19.1 Å². The van der Waals surface area contributed by atoms with Gasteiger partial charge in [-0.2, -0.15) is 5.26 Å². The maximum Gasteiger partial charge on any atom is 0.407 e. The Bertz CT molecular complexity index is 620. The second-order valence-corrected chi connectivity index (χ2v) is 6.05. The number of alkyl carbamates (subject to hydrolysis) is 1. The summed E-state index contributed by atoms with van der Waals surface area (Å²) in [5.41, 5.74) is 0.874. The van der Waals surface area contributed by atoms with Crippen molar-refractivity contribution in [3.05, 3.63) is 29.8 Å². The summed E-state index contributed by atoms with van der Waals surface area (Å²) in [6.45, 7) is 2.12. The molecule has 1 aromatic carbocycles. The number of ether oxygens (including phenoxy) is 1. The second-order valence-electron chi connectivity index (χ2n) is 4.14. The van der Waals surface area contributed by atoms with Crippen LogP contribution in [0.15, 0.2) is 24.3 Å². The molecular formula is C13H17N3O4S. The molecule has 0 aliphatic carbocycles. The SMILES string of the molecule is CCOC(=O)NCCN(c1ccc(C#N)cc1)S(C)(=O)=O. The fourth-order valence-electron chi connectivity index (χ4n) is 1.63. The Hall–Kier alpha value is -2.27. The van der Waals surface area contributed by atoms with Crippen molar-refractivity contribution in [1.82, 2.24) is 5.32 Å². The summed E-state index contributed by atoms with van der Waals surface area (Å²) in [6, 6.07) is 8.12. The van der Waals surface area contributed by atoms with Crippen LogP contribution in [0.1, 0.15) is 12.5 Å². The molecule has 0 fully saturated rings. The lowest BCUT2D eigenvalue weighted by Crippen LogP contribution is -2.38. The third kappa shape index (κ3) is 5.31. The summed E-state index contributed by atoms with van der Waals surface area (Å²) < 4.78 is 29.5. The highest BCUT2D eigenvalue weighted by atomic mass is 32.2. The number of rotatable bonds is 6. The first kappa shape index (κ1) is 16.8. The highest BCUT2D eigenvalue weighted by Crippen LogP contribution is 2.17. The molecule has 0 aliphatic heterocycles. The third-order valence-electron chi connectivity index (χ3n) is 2.54. The van der Waals surface area contributed by atoms with Crippen LogP contribution in [-0.2, 0) is 14.8 Å². The van der Waals surface area contributed by atoms with E-state index >= 15 is 0 Å². The molecule has 1 N–H and O–H groups in total. The maximum absolute atomic E-state index is 11.8. The fourth-order valence-corrected chi connectivity index (χ4v) is 2.56. The van der Waals surface area contributed by atoms with Crippen LogP contribution in [-0.4, -0.2) is 40.5 Å². The van der Waals surface area contributed by atoms with Gasteiger partial charge in [0.1, 0.15) is 0 Å². The van der Waals surface area contributed by atoms with Gasteiger partial charge in [0, 0.05) is 6.54 Å². The molecule has 1 amide bonds. The first-order chi connectivity index (χ1) is 9.88. The summed E-state index contributed by atoms with van der Waals surface area (Å²) in [5, 5.41) is 11.2. The molecule has 0 bridgehead atoms. The fraction of sp³-hybridized carbons (Fsp3) is 0.385. The predicted octanol–water partition coefficient (Wildman–Crippen LogP) is 1.07. The minimum Gasteiger partial charge on any atom is -0.450 e. The Balaban J connectivity index is 2.78. The van der Waals surface area contributed by atoms with Crippen molar-refractivity contribution in [1.29, 1.82) is 5.26 Å². The number of amides is 1. The van der Waals surface area contributed by atoms with Gasteiger partial charge in [-0.3, -0.25) is 4.31 Å². The molecule has 0 saturated carbocycles. The summed E-state index contributed by atoms with van der Waals surface area (Å²) in [5.74, 6) is 0. The maximum atomic E-state index is 11.8. The van der Waals surface area contributed by atoms with Gasteiger partial charge in [0.15, 0.2) is 0 Å². The number of hydrogen-bond donors (Lipinski definition) is 1. The van der Waals surface area contributed by atoms with E-state index in [1.807, 2.05) is 6.07 Å². The molecule has 0 aliphatic rings. The Morgan fingerprint density at radius 3 is 2.48 bits per heavy atom. The van der Waals surface area contributed by atoms with E-state index in [0.29, 0.717) is 11.3 Å². The average Bonchev–Trinajstić information content (AvgIpc) is 2.43. The number of nitriles is 1. The molecular weight excluding hydrogens is 294 g/mol. The summed E-state index contributed by atoms with van der Waals surface area (Å²) in [7, 11) is -3.49. The zero-order chi connectivity index (χ0) is 15.9. The molecule has 7 nitrogen and oxygen atoms in total. The van der Waals surface area contributed by atoms with Gasteiger partial charge in [-0.15, -0.1) is 0 Å². The van der Waals surface area contributed by atoms with E-state index in [4.69, 9.17) is 10.00 Å². The van der Waals surface area contributed by atoms with Crippen LogP contribution >= 0.6 is 0 Å². The highest BCUT2D eigenvalue weighted by Gasteiger charge is 2.17. The smallest absolute Gasteiger partial charge is 0.407 e. The standard InChI is InChI=1S/C13H17N3O4S/c1-3-20-13(17)15-8-9-16(21(2,18)19)12-6-4-11(10-14)5-7-12/h4-7H,3,8-9H2,1-2H3,(H,15,17). The molecule has 1 aromatic rings. The summed E-state index contributed by atoms with van der Waals surface area (Å²) >= 11 is 0. The quantitative estimate of drug-likeness (QED) is 0.847. The molecule has 1 rings (SSSR count). The zero-order valence-electron chi connectivity index (χ0n) is 11.9. The van der Waals surface area contributed by atoms with Crippen LogP contribution in [0.4, 0.5) is 10.5 Å². The molecule has 8 heteroatoms. The van der Waals surface area contributed by atoms with Gasteiger partial charge < -0.3 is 10.1 Å². The normalized spacial score (nSPS) is 10.5. The Morgan fingerprint density at radius 1 is 1.38 bits per heavy atom. The van der Waals surface area contributed by atoms with Crippen LogP contribution in [0.2, 0.25) is 0 Å². The van der Waals surface area contributed by atoms with Crippen molar-refractivity contribution in [2.45, 2.75) is 6.92 Å². The Labute approximate surface area is 124 Å². The van der Waals surface area contributed by atoms with E-state index in [0.717, 1.165) is 10.6 Å². The lowest BCUT2D eigenvalue weighted by atomic mass is 10.2. The van der Waals surface area contributed by atoms with Gasteiger partial charge in [-0.25, -0.2) is 13.2 Å². The van der Waals surface area contributed by atoms with Gasteiger partial charge in [0.2, 0.25) is 10.0 Å². The lowest BCUT2D eigenvalue weighted by molar-refractivity contribution is 0.152. The van der Waals surface area contributed by atoms with E-state index in [-0.39, 0.29) is 19.7 Å². The van der Waals surface area contributed by atoms with Crippen molar-refractivity contribution in [3.8, 4) is 6.07 Å². The van der Waals surface area contributed by atoms with Crippen molar-refractivity contribution in [3.63, 3.8) is 0 Å². The predicted molar refractivity (Wildman–Crippen MR) is 78.4 cm³/mol. The van der Waals surface area contributed by atoms with Crippen molar-refractivity contribution < 1.29 is 17.9 Å². The lowest BCUT2D eigenvalue weighted by Gasteiger charge is -2.22. The number of nitrogens with one attached hydrogen (secondary N) is 1. The second kappa shape index (κ2) is 7.50. The topological polar surface area (TPSA) is 99.5 Å². The number of nitrogens with zero attached hydrogens (tertiary/aromatic N) is 2. The minimum absolute atomic E-state index is 0.0730. The van der Waals surface area contributed by atoms with Crippen LogP contribution in [0, 0.1) is 11.3 Å². The van der Waals surface area contributed by atoms with Gasteiger partial charge in [0.05, 0.1) is 36.7 Å². The monoisotopic (exact) mass is 311 g/mol. The number of carbonyl (C=O) groups is 1. The van der Waals surface area contributed by atoms with E-state index in [2.05, 4.69) is 5.32 Å². The number of hydrogen-bond acceptors (Lipinski definition) is 5. The van der Waals surface area contributed by atoms with Crippen LogP contribution < -0.4 is 9.62 Å². The molecule has 0 spiro atoms. The average molecular weight is 311 g/mol. The highest BCUT2D eigenvalue weighted by molar-refractivity contribution is 7.92. The van der Waals surface area contributed by atoms with E-state index < -0.39 is 16.1 Å². The first-order valence-electron chi connectivity index (χ1n) is 6.27. The third-order valence-corrected chi connectivity index (χ3v) is 3.74. The van der Waals surface area contributed by atoms with Crippen molar-refractivity contribution in [2.75, 3.05) is 30.3 Å². The minimum atomic E-state index is -3.49. The molecule has 114 valence electrons. The van der Waals surface area contributed by atoms with Crippen LogP contribution in [0.3, 0.4) is 0 Å². The van der Waals surface area contributed by atoms with Gasteiger partial charge in [-0.1, -0.05) is 0 Å². The molecule has 0 atom stereocenters. The van der Waals surface area contributed by atoms with Gasteiger partial charge >= 0.3 is 6.09 Å². The number of benzene rings is 1. The number of carbonyl (C=O) groups excluding carboxylic acids is 1. The summed E-state index contributed by atoms with van der Waals surface area (Å²) in [4.78, 5) is 11.2. The number of anilines is 1. The van der Waals surface area contributed by atoms with Crippen molar-refractivity contribution in [2.24, 2.45) is 0 Å². The van der Waals surface area contributed by atoms with E-state index in [9.17, 15) is 13.2 Å². The Morgan fingerprint density at radius 2 is 2.00 bits per heavy atom. The molecule has 0 aromatic heterocycles. The molecule has 0 unspecified atom stereocenters. The molecule has 21 heavy (non-hydrogen) atoms. The molecule has 0 saturated heterocycles. The van der Waals surface area contributed by atoms with Crippen molar-refractivity contribution >= 4 is 21.8 Å². The first-order valence-corrected chi connectivity index (χ1v) is 8.11. The molecule has 0 radical (unpaired) electrons. The molecule has 0 heterocycles. The van der Waals surface area contributed by atoms with Gasteiger partial charge in [-0.05, 0) is 31.2 Å². The Kier molecular flexibility index (Phi) is 5.99. The van der Waals surface area contributed by atoms with Crippen LogP contribution in [0.25, 0.3) is 0 Å². The zero-order valence-corrected chi connectivity index (χ0v) is 12.7. The van der Waals surface area contributed by atoms with E-state index in [1.165, 1.54) is 12.1 Å². The van der Waals surface area contributed by atoms with Crippen LogP contribution in [0.5, 0.6) is 0 Å². The number of sulfonamides is 1.